The standard InChI is InChI=1S/C14H29NO2Si/c1-10(2)8-11(15)13-12(17-13)9-16-18(6,7)14(3,4)5/h8,11-13H,9,15H2,1-7H3/t11-,12-,13-/m0/s1. The van der Waals surface area contributed by atoms with E-state index in [0.29, 0.717) is 6.61 Å². The van der Waals surface area contributed by atoms with E-state index >= 15 is 0 Å². The third-order valence-corrected chi connectivity index (χ3v) is 8.44. The third-order valence-electron chi connectivity index (χ3n) is 3.94. The Bertz CT molecular complexity index is 316. The highest BCUT2D eigenvalue weighted by Crippen LogP contribution is 2.37. The molecule has 3 atom stereocenters. The van der Waals surface area contributed by atoms with Crippen LogP contribution in [0.5, 0.6) is 0 Å². The summed E-state index contributed by atoms with van der Waals surface area (Å²) < 4.78 is 11.8. The molecular formula is C14H29NO2Si. The number of rotatable bonds is 5. The molecule has 1 aliphatic rings. The Morgan fingerprint density at radius 2 is 1.94 bits per heavy atom. The quantitative estimate of drug-likeness (QED) is 0.475. The summed E-state index contributed by atoms with van der Waals surface area (Å²) in [6.45, 7) is 16.1. The van der Waals surface area contributed by atoms with Crippen molar-refractivity contribution in [3.05, 3.63) is 11.6 Å². The Morgan fingerprint density at radius 1 is 1.39 bits per heavy atom. The largest absolute Gasteiger partial charge is 0.414 e. The van der Waals surface area contributed by atoms with Crippen LogP contribution in [0.3, 0.4) is 0 Å². The first kappa shape index (κ1) is 15.9. The minimum Gasteiger partial charge on any atom is -0.414 e. The molecule has 2 N–H and O–H groups in total. The molecule has 0 aromatic carbocycles. The highest BCUT2D eigenvalue weighted by molar-refractivity contribution is 6.74. The van der Waals surface area contributed by atoms with Gasteiger partial charge in [-0.2, -0.15) is 0 Å². The minimum atomic E-state index is -1.66. The van der Waals surface area contributed by atoms with E-state index in [2.05, 4.69) is 53.8 Å². The maximum atomic E-state index is 6.14. The fraction of sp³-hybridized carbons (Fsp3) is 0.857. The molecule has 1 fully saturated rings. The number of ether oxygens (including phenoxy) is 1. The molecule has 0 aliphatic carbocycles. The molecule has 0 saturated carbocycles. The predicted octanol–water partition coefficient (Wildman–Crippen LogP) is 3.07. The SMILES string of the molecule is CC(C)=C[C@H](N)[C@@H]1O[C@H]1CO[Si](C)(C)C(C)(C)C. The summed E-state index contributed by atoms with van der Waals surface area (Å²) in [5, 5.41) is 0.249. The van der Waals surface area contributed by atoms with Gasteiger partial charge in [0.25, 0.3) is 0 Å². The summed E-state index contributed by atoms with van der Waals surface area (Å²) >= 11 is 0. The van der Waals surface area contributed by atoms with E-state index < -0.39 is 8.32 Å². The first-order valence-electron chi connectivity index (χ1n) is 6.74. The zero-order valence-corrected chi connectivity index (χ0v) is 13.9. The summed E-state index contributed by atoms with van der Waals surface area (Å²) in [5.41, 5.74) is 7.29. The average Bonchev–Trinajstić information content (AvgIpc) is 2.90. The van der Waals surface area contributed by atoms with Crippen LogP contribution in [0.25, 0.3) is 0 Å². The molecule has 0 radical (unpaired) electrons. The van der Waals surface area contributed by atoms with Crippen LogP contribution in [0.1, 0.15) is 34.6 Å². The van der Waals surface area contributed by atoms with Crippen LogP contribution in [0.2, 0.25) is 18.1 Å². The van der Waals surface area contributed by atoms with Crippen LogP contribution in [-0.4, -0.2) is 33.2 Å². The fourth-order valence-corrected chi connectivity index (χ4v) is 2.63. The van der Waals surface area contributed by atoms with Crippen LogP contribution in [-0.2, 0) is 9.16 Å². The molecule has 3 nitrogen and oxygen atoms in total. The van der Waals surface area contributed by atoms with E-state index in [0.717, 1.165) is 0 Å². The molecule has 18 heavy (non-hydrogen) atoms. The van der Waals surface area contributed by atoms with Crippen LogP contribution in [0.4, 0.5) is 0 Å². The van der Waals surface area contributed by atoms with Crippen molar-refractivity contribution >= 4 is 8.32 Å². The zero-order valence-electron chi connectivity index (χ0n) is 12.9. The van der Waals surface area contributed by atoms with Gasteiger partial charge >= 0.3 is 0 Å². The number of hydrogen-bond donors (Lipinski definition) is 1. The number of allylic oxidation sites excluding steroid dienone is 1. The summed E-state index contributed by atoms with van der Waals surface area (Å²) in [6, 6.07) is 0.00279. The van der Waals surface area contributed by atoms with Crippen molar-refractivity contribution in [2.75, 3.05) is 6.61 Å². The molecule has 0 aromatic rings. The Labute approximate surface area is 113 Å². The number of hydrogen-bond acceptors (Lipinski definition) is 3. The fourth-order valence-electron chi connectivity index (χ4n) is 1.62. The molecule has 1 aliphatic heterocycles. The van der Waals surface area contributed by atoms with Crippen LogP contribution < -0.4 is 5.73 Å². The van der Waals surface area contributed by atoms with Gasteiger partial charge in [0.2, 0.25) is 0 Å². The molecule has 4 heteroatoms. The number of epoxide rings is 1. The van der Waals surface area contributed by atoms with Gasteiger partial charge in [-0.25, -0.2) is 0 Å². The van der Waals surface area contributed by atoms with Gasteiger partial charge < -0.3 is 14.9 Å². The number of nitrogens with two attached hydrogens (primary N) is 1. The van der Waals surface area contributed by atoms with E-state index in [1.807, 2.05) is 0 Å². The van der Waals surface area contributed by atoms with Crippen molar-refractivity contribution in [3.63, 3.8) is 0 Å². The monoisotopic (exact) mass is 271 g/mol. The lowest BCUT2D eigenvalue weighted by Gasteiger charge is -2.36. The molecule has 0 amide bonds. The van der Waals surface area contributed by atoms with E-state index in [1.54, 1.807) is 0 Å². The lowest BCUT2D eigenvalue weighted by Crippen LogP contribution is -2.42. The second-order valence-corrected chi connectivity index (χ2v) is 11.8. The Balaban J connectivity index is 2.39. The van der Waals surface area contributed by atoms with E-state index in [1.165, 1.54) is 5.57 Å². The maximum absolute atomic E-state index is 6.14. The Kier molecular flexibility index (Phi) is 4.81. The third kappa shape index (κ3) is 4.19. The first-order valence-corrected chi connectivity index (χ1v) is 9.65. The first-order chi connectivity index (χ1) is 8.04. The molecular weight excluding hydrogens is 242 g/mol. The van der Waals surface area contributed by atoms with Crippen molar-refractivity contribution in [2.24, 2.45) is 5.73 Å². The summed E-state index contributed by atoms with van der Waals surface area (Å²) in [7, 11) is -1.66. The molecule has 1 saturated heterocycles. The smallest absolute Gasteiger partial charge is 0.192 e. The Morgan fingerprint density at radius 3 is 2.39 bits per heavy atom. The highest BCUT2D eigenvalue weighted by Gasteiger charge is 2.45. The van der Waals surface area contributed by atoms with Crippen molar-refractivity contribution in [3.8, 4) is 0 Å². The summed E-state index contributed by atoms with van der Waals surface area (Å²) in [6.07, 6.45) is 2.39. The zero-order chi connectivity index (χ0) is 14.1. The lowest BCUT2D eigenvalue weighted by atomic mass is 10.1. The topological polar surface area (TPSA) is 47.8 Å². The summed E-state index contributed by atoms with van der Waals surface area (Å²) in [4.78, 5) is 0. The van der Waals surface area contributed by atoms with E-state index in [9.17, 15) is 0 Å². The molecule has 0 spiro atoms. The molecule has 0 bridgehead atoms. The van der Waals surface area contributed by atoms with Gasteiger partial charge in [0.1, 0.15) is 12.2 Å². The second kappa shape index (κ2) is 5.45. The maximum Gasteiger partial charge on any atom is 0.192 e. The molecule has 1 heterocycles. The van der Waals surface area contributed by atoms with Gasteiger partial charge in [0.15, 0.2) is 8.32 Å². The van der Waals surface area contributed by atoms with Gasteiger partial charge in [-0.1, -0.05) is 32.4 Å². The van der Waals surface area contributed by atoms with Gasteiger partial charge in [-0.3, -0.25) is 0 Å². The molecule has 1 rings (SSSR count). The average molecular weight is 271 g/mol. The second-order valence-electron chi connectivity index (χ2n) is 7.03. The van der Waals surface area contributed by atoms with Crippen molar-refractivity contribution < 1.29 is 9.16 Å². The lowest BCUT2D eigenvalue weighted by molar-refractivity contribution is 0.241. The minimum absolute atomic E-state index is 0.00279. The Hall–Kier alpha value is -0.163. The predicted molar refractivity (Wildman–Crippen MR) is 79.2 cm³/mol. The van der Waals surface area contributed by atoms with Crippen LogP contribution in [0.15, 0.2) is 11.6 Å². The van der Waals surface area contributed by atoms with E-state index in [-0.39, 0.29) is 23.3 Å². The summed E-state index contributed by atoms with van der Waals surface area (Å²) in [5.74, 6) is 0. The van der Waals surface area contributed by atoms with Gasteiger partial charge in [0, 0.05) is 0 Å². The van der Waals surface area contributed by atoms with Gasteiger partial charge in [0.05, 0.1) is 12.6 Å². The van der Waals surface area contributed by atoms with Crippen molar-refractivity contribution in [1.82, 2.24) is 0 Å². The normalized spacial score (nSPS) is 25.8. The molecule has 0 unspecified atom stereocenters. The van der Waals surface area contributed by atoms with Crippen molar-refractivity contribution in [1.29, 1.82) is 0 Å². The van der Waals surface area contributed by atoms with E-state index in [4.69, 9.17) is 14.9 Å². The van der Waals surface area contributed by atoms with Gasteiger partial charge in [-0.15, -0.1) is 0 Å². The van der Waals surface area contributed by atoms with Crippen LogP contribution >= 0.6 is 0 Å². The molecule has 106 valence electrons. The van der Waals surface area contributed by atoms with Crippen LogP contribution in [0, 0.1) is 0 Å². The van der Waals surface area contributed by atoms with Gasteiger partial charge in [-0.05, 0) is 32.0 Å². The molecule has 0 aromatic heterocycles. The van der Waals surface area contributed by atoms with Crippen molar-refractivity contribution in [2.45, 2.75) is 71.0 Å². The highest BCUT2D eigenvalue weighted by atomic mass is 28.4.